The van der Waals surface area contributed by atoms with Gasteiger partial charge in [0.25, 0.3) is 0 Å². The molecule has 27 heavy (non-hydrogen) atoms. The first-order valence-electron chi connectivity index (χ1n) is 9.82. The number of aryl methyl sites for hydroxylation is 2. The lowest BCUT2D eigenvalue weighted by atomic mass is 9.98. The first-order valence-corrected chi connectivity index (χ1v) is 10.2. The van der Waals surface area contributed by atoms with E-state index in [4.69, 9.17) is 16.6 Å². The second-order valence-corrected chi connectivity index (χ2v) is 7.69. The minimum Gasteiger partial charge on any atom is -0.305 e. The molecule has 2 atom stereocenters. The molecule has 4 rings (SSSR count). The summed E-state index contributed by atoms with van der Waals surface area (Å²) in [6.07, 6.45) is 12.1. The summed E-state index contributed by atoms with van der Waals surface area (Å²) in [5.41, 5.74) is 5.14. The number of unbranched alkanes of at least 4 members (excludes halogenated alkanes) is 2. The van der Waals surface area contributed by atoms with E-state index in [-0.39, 0.29) is 6.04 Å². The van der Waals surface area contributed by atoms with E-state index in [1.165, 1.54) is 29.5 Å². The van der Waals surface area contributed by atoms with Crippen LogP contribution in [0, 0.1) is 0 Å². The Morgan fingerprint density at radius 1 is 1.07 bits per heavy atom. The summed E-state index contributed by atoms with van der Waals surface area (Å²) >= 11 is 6.25. The van der Waals surface area contributed by atoms with Crippen molar-refractivity contribution in [3.05, 3.63) is 63.9 Å². The predicted octanol–water partition coefficient (Wildman–Crippen LogP) is 4.55. The van der Waals surface area contributed by atoms with Crippen LogP contribution in [0.3, 0.4) is 0 Å². The molecular formula is C22H25ClN4. The van der Waals surface area contributed by atoms with Gasteiger partial charge >= 0.3 is 0 Å². The lowest BCUT2D eigenvalue weighted by Gasteiger charge is -2.21. The minimum absolute atomic E-state index is 0.141. The van der Waals surface area contributed by atoms with E-state index < -0.39 is 0 Å². The smallest absolute Gasteiger partial charge is 0.110 e. The normalized spacial score (nSPS) is 20.3. The molecule has 2 unspecified atom stereocenters. The van der Waals surface area contributed by atoms with Gasteiger partial charge in [0.1, 0.15) is 6.34 Å². The van der Waals surface area contributed by atoms with Crippen LogP contribution in [0.1, 0.15) is 54.1 Å². The van der Waals surface area contributed by atoms with Gasteiger partial charge in [-0.3, -0.25) is 9.98 Å². The summed E-state index contributed by atoms with van der Waals surface area (Å²) in [6, 6.07) is 10.9. The molecule has 1 aromatic carbocycles. The van der Waals surface area contributed by atoms with Crippen molar-refractivity contribution in [2.75, 3.05) is 6.54 Å². The number of hydrogen-bond donors (Lipinski definition) is 1. The Hall–Kier alpha value is -2.04. The van der Waals surface area contributed by atoms with Crippen molar-refractivity contribution in [3.8, 4) is 0 Å². The Kier molecular flexibility index (Phi) is 5.95. The summed E-state index contributed by atoms with van der Waals surface area (Å²) in [6.45, 7) is 0.977. The SMILES string of the molecule is Clc1ccc2c(c1)CCc1cccnc1C2NCCCCCC1C=NC=N1. The molecule has 0 saturated heterocycles. The molecule has 0 radical (unpaired) electrons. The maximum Gasteiger partial charge on any atom is 0.110 e. The van der Waals surface area contributed by atoms with E-state index in [0.29, 0.717) is 6.04 Å². The van der Waals surface area contributed by atoms with Gasteiger partial charge in [0.15, 0.2) is 0 Å². The summed E-state index contributed by atoms with van der Waals surface area (Å²) < 4.78 is 0. The van der Waals surface area contributed by atoms with Crippen LogP contribution >= 0.6 is 11.6 Å². The molecule has 0 bridgehead atoms. The van der Waals surface area contributed by atoms with Crippen LogP contribution < -0.4 is 5.32 Å². The van der Waals surface area contributed by atoms with Crippen molar-refractivity contribution >= 4 is 24.2 Å². The van der Waals surface area contributed by atoms with Crippen molar-refractivity contribution in [2.45, 2.75) is 50.6 Å². The van der Waals surface area contributed by atoms with Gasteiger partial charge in [0.05, 0.1) is 17.8 Å². The Morgan fingerprint density at radius 2 is 2.00 bits per heavy atom. The number of hydrogen-bond acceptors (Lipinski definition) is 4. The lowest BCUT2D eigenvalue weighted by molar-refractivity contribution is 0.539. The van der Waals surface area contributed by atoms with Gasteiger partial charge in [-0.25, -0.2) is 4.99 Å². The highest BCUT2D eigenvalue weighted by Gasteiger charge is 2.24. The van der Waals surface area contributed by atoms with E-state index in [9.17, 15) is 0 Å². The van der Waals surface area contributed by atoms with Crippen molar-refractivity contribution < 1.29 is 0 Å². The van der Waals surface area contributed by atoms with E-state index in [1.807, 2.05) is 24.5 Å². The standard InChI is InChI=1S/C22H25ClN4/c23-18-9-10-20-17(13-18)8-7-16-5-4-12-25-21(16)22(20)26-11-3-1-2-6-19-14-24-15-27-19/h4-5,9-10,12-15,19,22,26H,1-3,6-8,11H2. The highest BCUT2D eigenvalue weighted by molar-refractivity contribution is 6.30. The number of aromatic nitrogens is 1. The topological polar surface area (TPSA) is 49.6 Å². The Morgan fingerprint density at radius 3 is 2.89 bits per heavy atom. The molecule has 0 amide bonds. The maximum atomic E-state index is 6.25. The average molecular weight is 381 g/mol. The molecule has 5 heteroatoms. The molecule has 140 valence electrons. The number of aliphatic imine (C=N–C) groups is 2. The van der Waals surface area contributed by atoms with Crippen molar-refractivity contribution in [1.82, 2.24) is 10.3 Å². The Labute approximate surface area is 165 Å². The van der Waals surface area contributed by atoms with Crippen molar-refractivity contribution in [1.29, 1.82) is 0 Å². The first-order chi connectivity index (χ1) is 13.3. The van der Waals surface area contributed by atoms with Crippen LogP contribution in [0.2, 0.25) is 5.02 Å². The summed E-state index contributed by atoms with van der Waals surface area (Å²) in [7, 11) is 0. The Balaban J connectivity index is 1.40. The van der Waals surface area contributed by atoms with E-state index in [0.717, 1.165) is 42.9 Å². The molecule has 1 aliphatic carbocycles. The third kappa shape index (κ3) is 4.45. The highest BCUT2D eigenvalue weighted by Crippen LogP contribution is 2.32. The largest absolute Gasteiger partial charge is 0.305 e. The zero-order chi connectivity index (χ0) is 18.5. The van der Waals surface area contributed by atoms with E-state index in [2.05, 4.69) is 33.5 Å². The molecule has 2 aromatic rings. The fraction of sp³-hybridized carbons (Fsp3) is 0.409. The summed E-state index contributed by atoms with van der Waals surface area (Å²) in [5, 5.41) is 4.57. The predicted molar refractivity (Wildman–Crippen MR) is 112 cm³/mol. The van der Waals surface area contributed by atoms with Crippen LogP contribution in [0.5, 0.6) is 0 Å². The molecule has 2 aliphatic rings. The van der Waals surface area contributed by atoms with Gasteiger partial charge in [-0.2, -0.15) is 0 Å². The molecule has 1 aliphatic heterocycles. The third-order valence-corrected chi connectivity index (χ3v) is 5.62. The zero-order valence-electron chi connectivity index (χ0n) is 15.4. The molecule has 4 nitrogen and oxygen atoms in total. The molecule has 0 spiro atoms. The maximum absolute atomic E-state index is 6.25. The second kappa shape index (κ2) is 8.77. The van der Waals surface area contributed by atoms with Crippen molar-refractivity contribution in [3.63, 3.8) is 0 Å². The summed E-state index contributed by atoms with van der Waals surface area (Å²) in [5.74, 6) is 0. The quantitative estimate of drug-likeness (QED) is 0.716. The van der Waals surface area contributed by atoms with E-state index in [1.54, 1.807) is 6.34 Å². The lowest BCUT2D eigenvalue weighted by Crippen LogP contribution is -2.25. The molecule has 0 saturated carbocycles. The number of fused-ring (bicyclic) bond motifs is 2. The number of nitrogens with zero attached hydrogens (tertiary/aromatic N) is 3. The number of halogens is 1. The summed E-state index contributed by atoms with van der Waals surface area (Å²) in [4.78, 5) is 13.1. The van der Waals surface area contributed by atoms with Crippen LogP contribution in [0.4, 0.5) is 0 Å². The average Bonchev–Trinajstić information content (AvgIpc) is 3.15. The number of benzene rings is 1. The van der Waals surface area contributed by atoms with Crippen LogP contribution in [0.25, 0.3) is 0 Å². The minimum atomic E-state index is 0.141. The molecule has 1 aromatic heterocycles. The van der Waals surface area contributed by atoms with Gasteiger partial charge in [-0.1, -0.05) is 36.6 Å². The third-order valence-electron chi connectivity index (χ3n) is 5.39. The van der Waals surface area contributed by atoms with Gasteiger partial charge in [0.2, 0.25) is 0 Å². The first kappa shape index (κ1) is 18.3. The van der Waals surface area contributed by atoms with Crippen molar-refractivity contribution in [2.24, 2.45) is 9.98 Å². The Bertz CT molecular complexity index is 834. The van der Waals surface area contributed by atoms with E-state index >= 15 is 0 Å². The number of nitrogens with one attached hydrogen (secondary N) is 1. The highest BCUT2D eigenvalue weighted by atomic mass is 35.5. The van der Waals surface area contributed by atoms with Gasteiger partial charge in [-0.15, -0.1) is 0 Å². The van der Waals surface area contributed by atoms with Crippen LogP contribution in [-0.4, -0.2) is 30.1 Å². The van der Waals surface area contributed by atoms with Gasteiger partial charge in [-0.05, 0) is 67.1 Å². The fourth-order valence-corrected chi connectivity index (χ4v) is 4.16. The second-order valence-electron chi connectivity index (χ2n) is 7.26. The monoisotopic (exact) mass is 380 g/mol. The molecular weight excluding hydrogens is 356 g/mol. The zero-order valence-corrected chi connectivity index (χ0v) is 16.2. The number of pyridine rings is 1. The van der Waals surface area contributed by atoms with Crippen LogP contribution in [-0.2, 0) is 12.8 Å². The molecule has 2 heterocycles. The molecule has 1 N–H and O–H groups in total. The van der Waals surface area contributed by atoms with Gasteiger partial charge in [0, 0.05) is 17.4 Å². The number of rotatable bonds is 7. The fourth-order valence-electron chi connectivity index (χ4n) is 3.97. The van der Waals surface area contributed by atoms with Gasteiger partial charge < -0.3 is 5.32 Å². The molecule has 0 fully saturated rings. The van der Waals surface area contributed by atoms with Crippen LogP contribution in [0.15, 0.2) is 46.5 Å².